The average Bonchev–Trinajstić information content (AvgIpc) is 2.61. The molecule has 0 spiro atoms. The zero-order chi connectivity index (χ0) is 13.0. The Morgan fingerprint density at radius 3 is 2.29 bits per heavy atom. The van der Waals surface area contributed by atoms with Gasteiger partial charge >= 0.3 is 11.9 Å². The standard InChI is InChI=1S/C4H4N6O7/c11-8(12)3-5-4(9(13)14)7(6-3)1-2-17-10(15)16/h1-2H2. The second-order valence-corrected chi connectivity index (χ2v) is 2.51. The van der Waals surface area contributed by atoms with Gasteiger partial charge in [0, 0.05) is 4.98 Å². The van der Waals surface area contributed by atoms with Crippen molar-refractivity contribution >= 4 is 11.9 Å². The van der Waals surface area contributed by atoms with Gasteiger partial charge in [0.05, 0.1) is 5.10 Å². The van der Waals surface area contributed by atoms with Gasteiger partial charge in [-0.05, 0) is 9.85 Å². The van der Waals surface area contributed by atoms with Crippen LogP contribution in [0.1, 0.15) is 0 Å². The number of nitro groups is 2. The highest BCUT2D eigenvalue weighted by atomic mass is 16.9. The molecule has 92 valence electrons. The van der Waals surface area contributed by atoms with Crippen molar-refractivity contribution in [1.29, 1.82) is 0 Å². The van der Waals surface area contributed by atoms with Gasteiger partial charge < -0.3 is 25.1 Å². The molecule has 0 unspecified atom stereocenters. The molecular weight excluding hydrogens is 244 g/mol. The molecule has 0 saturated heterocycles. The summed E-state index contributed by atoms with van der Waals surface area (Å²) in [7, 11) is 0. The molecule has 13 heteroatoms. The highest BCUT2D eigenvalue weighted by Gasteiger charge is 2.28. The molecule has 0 saturated carbocycles. The van der Waals surface area contributed by atoms with E-state index in [0.29, 0.717) is 4.68 Å². The van der Waals surface area contributed by atoms with Crippen LogP contribution >= 0.6 is 0 Å². The fourth-order valence-electron chi connectivity index (χ4n) is 0.886. The number of hydrogen-bond acceptors (Lipinski definition) is 9. The molecule has 0 aliphatic rings. The molecule has 0 N–H and O–H groups in total. The van der Waals surface area contributed by atoms with E-state index in [2.05, 4.69) is 14.9 Å². The quantitative estimate of drug-likeness (QED) is 0.466. The number of hydrogen-bond donors (Lipinski definition) is 0. The van der Waals surface area contributed by atoms with Crippen LogP contribution in [0.3, 0.4) is 0 Å². The van der Waals surface area contributed by atoms with E-state index in [0.717, 1.165) is 0 Å². The Labute approximate surface area is 91.0 Å². The normalized spacial score (nSPS) is 9.88. The van der Waals surface area contributed by atoms with E-state index in [4.69, 9.17) is 0 Å². The van der Waals surface area contributed by atoms with Crippen molar-refractivity contribution in [2.45, 2.75) is 6.54 Å². The lowest BCUT2D eigenvalue weighted by Crippen LogP contribution is -2.12. The van der Waals surface area contributed by atoms with Gasteiger partial charge in [-0.3, -0.25) is 0 Å². The monoisotopic (exact) mass is 248 g/mol. The third-order valence-electron chi connectivity index (χ3n) is 1.47. The molecular formula is C4H4N6O7. The Morgan fingerprint density at radius 2 is 1.82 bits per heavy atom. The first-order chi connectivity index (χ1) is 7.91. The van der Waals surface area contributed by atoms with Gasteiger partial charge in [-0.25, -0.2) is 0 Å². The van der Waals surface area contributed by atoms with E-state index in [-0.39, 0.29) is 0 Å². The van der Waals surface area contributed by atoms with Gasteiger partial charge in [-0.1, -0.05) is 4.68 Å². The first-order valence-electron chi connectivity index (χ1n) is 3.92. The number of aromatic nitrogens is 3. The van der Waals surface area contributed by atoms with Gasteiger partial charge in [0.15, 0.2) is 0 Å². The SMILES string of the molecule is O=[N+]([O-])OCCn1nc([N+](=O)[O-])nc1[N+](=O)[O-]. The van der Waals surface area contributed by atoms with Crippen molar-refractivity contribution in [2.24, 2.45) is 0 Å². The Morgan fingerprint density at radius 1 is 1.18 bits per heavy atom. The first kappa shape index (κ1) is 12.2. The lowest BCUT2D eigenvalue weighted by atomic mass is 10.7. The summed E-state index contributed by atoms with van der Waals surface area (Å²) in [6, 6.07) is 0. The van der Waals surface area contributed by atoms with Crippen LogP contribution in [0.5, 0.6) is 0 Å². The number of nitrogens with zero attached hydrogens (tertiary/aromatic N) is 6. The van der Waals surface area contributed by atoms with Crippen LogP contribution in [0.4, 0.5) is 11.9 Å². The molecule has 0 aromatic carbocycles. The largest absolute Gasteiger partial charge is 0.508 e. The Hall–Kier alpha value is -2.86. The molecule has 0 atom stereocenters. The van der Waals surface area contributed by atoms with Crippen LogP contribution in [0, 0.1) is 30.3 Å². The first-order valence-corrected chi connectivity index (χ1v) is 3.92. The minimum absolute atomic E-state index is 0.405. The van der Waals surface area contributed by atoms with Crippen molar-refractivity contribution in [3.05, 3.63) is 30.3 Å². The summed E-state index contributed by atoms with van der Waals surface area (Å²) < 4.78 is 0.543. The van der Waals surface area contributed by atoms with Crippen LogP contribution in [0.2, 0.25) is 0 Å². The van der Waals surface area contributed by atoms with E-state index < -0.39 is 40.0 Å². The maximum absolute atomic E-state index is 10.4. The fourth-order valence-corrected chi connectivity index (χ4v) is 0.886. The molecule has 13 nitrogen and oxygen atoms in total. The molecule has 0 radical (unpaired) electrons. The van der Waals surface area contributed by atoms with Gasteiger partial charge in [0.25, 0.3) is 5.09 Å². The van der Waals surface area contributed by atoms with Crippen molar-refractivity contribution in [3.8, 4) is 0 Å². The Balaban J connectivity index is 2.85. The van der Waals surface area contributed by atoms with Crippen LogP contribution in [0.25, 0.3) is 0 Å². The van der Waals surface area contributed by atoms with Gasteiger partial charge in [0.2, 0.25) is 0 Å². The second kappa shape index (κ2) is 4.77. The molecule has 1 rings (SSSR count). The van der Waals surface area contributed by atoms with E-state index in [1.54, 1.807) is 0 Å². The topological polar surface area (TPSA) is 169 Å². The zero-order valence-electron chi connectivity index (χ0n) is 7.96. The minimum Gasteiger partial charge on any atom is -0.390 e. The maximum Gasteiger partial charge on any atom is 0.508 e. The predicted octanol–water partition coefficient (Wildman–Crippen LogP) is -0.697. The lowest BCUT2D eigenvalue weighted by molar-refractivity contribution is -0.758. The number of rotatable bonds is 6. The van der Waals surface area contributed by atoms with Gasteiger partial charge in [-0.2, -0.15) is 0 Å². The summed E-state index contributed by atoms with van der Waals surface area (Å²) in [6.45, 7) is -0.938. The summed E-state index contributed by atoms with van der Waals surface area (Å²) in [4.78, 5) is 35.5. The van der Waals surface area contributed by atoms with E-state index in [9.17, 15) is 30.3 Å². The Bertz CT molecular complexity index is 467. The van der Waals surface area contributed by atoms with Crippen LogP contribution in [0.15, 0.2) is 0 Å². The van der Waals surface area contributed by atoms with E-state index >= 15 is 0 Å². The summed E-state index contributed by atoms with van der Waals surface area (Å²) in [5, 5.41) is 32.6. The molecule has 1 aromatic heterocycles. The van der Waals surface area contributed by atoms with Gasteiger partial charge in [0.1, 0.15) is 13.2 Å². The minimum atomic E-state index is -1.10. The second-order valence-electron chi connectivity index (χ2n) is 2.51. The van der Waals surface area contributed by atoms with Crippen molar-refractivity contribution in [3.63, 3.8) is 0 Å². The van der Waals surface area contributed by atoms with E-state index in [1.807, 2.05) is 0 Å². The molecule has 0 aliphatic heterocycles. The smallest absolute Gasteiger partial charge is 0.390 e. The maximum atomic E-state index is 10.4. The third kappa shape index (κ3) is 3.05. The van der Waals surface area contributed by atoms with Crippen LogP contribution in [-0.2, 0) is 11.4 Å². The molecule has 0 fully saturated rings. The predicted molar refractivity (Wildman–Crippen MR) is 46.3 cm³/mol. The summed E-state index contributed by atoms with van der Waals surface area (Å²) in [6.07, 6.45) is 0. The summed E-state index contributed by atoms with van der Waals surface area (Å²) >= 11 is 0. The van der Waals surface area contributed by atoms with Crippen molar-refractivity contribution < 1.29 is 19.8 Å². The molecule has 0 aliphatic carbocycles. The van der Waals surface area contributed by atoms with Crippen LogP contribution in [-0.4, -0.2) is 36.3 Å². The van der Waals surface area contributed by atoms with E-state index in [1.165, 1.54) is 0 Å². The molecule has 1 heterocycles. The molecule has 17 heavy (non-hydrogen) atoms. The third-order valence-corrected chi connectivity index (χ3v) is 1.47. The average molecular weight is 248 g/mol. The molecule has 1 aromatic rings. The van der Waals surface area contributed by atoms with Crippen LogP contribution < -0.4 is 0 Å². The lowest BCUT2D eigenvalue weighted by Gasteiger charge is -1.95. The fraction of sp³-hybridized carbons (Fsp3) is 0.500. The van der Waals surface area contributed by atoms with Crippen molar-refractivity contribution in [2.75, 3.05) is 6.61 Å². The van der Waals surface area contributed by atoms with Gasteiger partial charge in [-0.15, -0.1) is 10.1 Å². The zero-order valence-corrected chi connectivity index (χ0v) is 7.96. The molecule has 0 amide bonds. The highest BCUT2D eigenvalue weighted by molar-refractivity contribution is 5.13. The molecule has 0 bridgehead atoms. The summed E-state index contributed by atoms with van der Waals surface area (Å²) in [5.41, 5.74) is 0. The highest BCUT2D eigenvalue weighted by Crippen LogP contribution is 2.12. The summed E-state index contributed by atoms with van der Waals surface area (Å²) in [5.74, 6) is -1.85. The van der Waals surface area contributed by atoms with Crippen molar-refractivity contribution in [1.82, 2.24) is 14.8 Å². The Kier molecular flexibility index (Phi) is 3.43.